The van der Waals surface area contributed by atoms with Gasteiger partial charge in [0, 0.05) is 41.3 Å². The lowest BCUT2D eigenvalue weighted by atomic mass is 10.1. The first-order chi connectivity index (χ1) is 8.31. The van der Waals surface area contributed by atoms with Crippen molar-refractivity contribution in [3.63, 3.8) is 0 Å². The van der Waals surface area contributed by atoms with Crippen molar-refractivity contribution in [2.75, 3.05) is 36.0 Å². The SMILES string of the molecule is CCNCc1ccc(Br)cc1N1CCSCC1. The number of nitrogens with one attached hydrogen (secondary N) is 1. The van der Waals surface area contributed by atoms with Gasteiger partial charge in [0.15, 0.2) is 0 Å². The molecule has 0 bridgehead atoms. The molecule has 0 radical (unpaired) electrons. The normalized spacial score (nSPS) is 16.2. The first kappa shape index (κ1) is 13.2. The molecule has 1 fully saturated rings. The summed E-state index contributed by atoms with van der Waals surface area (Å²) in [4.78, 5) is 2.51. The molecule has 4 heteroatoms. The molecule has 0 saturated carbocycles. The third-order valence-corrected chi connectivity index (χ3v) is 4.40. The summed E-state index contributed by atoms with van der Waals surface area (Å²) in [6.45, 7) is 6.46. The van der Waals surface area contributed by atoms with Gasteiger partial charge in [-0.1, -0.05) is 28.9 Å². The molecule has 0 spiro atoms. The molecule has 0 aromatic heterocycles. The van der Waals surface area contributed by atoms with E-state index in [1.165, 1.54) is 40.3 Å². The van der Waals surface area contributed by atoms with Crippen molar-refractivity contribution in [2.45, 2.75) is 13.5 Å². The van der Waals surface area contributed by atoms with Crippen LogP contribution in [0, 0.1) is 0 Å². The van der Waals surface area contributed by atoms with E-state index in [-0.39, 0.29) is 0 Å². The predicted octanol–water partition coefficient (Wildman–Crippen LogP) is 3.11. The van der Waals surface area contributed by atoms with Crippen LogP contribution in [0.15, 0.2) is 22.7 Å². The van der Waals surface area contributed by atoms with Gasteiger partial charge in [-0.2, -0.15) is 11.8 Å². The fourth-order valence-corrected chi connectivity index (χ4v) is 3.30. The Morgan fingerprint density at radius 2 is 2.12 bits per heavy atom. The number of benzene rings is 1. The number of hydrogen-bond acceptors (Lipinski definition) is 3. The highest BCUT2D eigenvalue weighted by Gasteiger charge is 2.14. The van der Waals surface area contributed by atoms with Gasteiger partial charge in [-0.3, -0.25) is 0 Å². The molecule has 2 nitrogen and oxygen atoms in total. The van der Waals surface area contributed by atoms with Gasteiger partial charge in [-0.05, 0) is 24.2 Å². The zero-order valence-corrected chi connectivity index (χ0v) is 12.6. The van der Waals surface area contributed by atoms with Gasteiger partial charge in [-0.25, -0.2) is 0 Å². The van der Waals surface area contributed by atoms with E-state index in [1.54, 1.807) is 0 Å². The average Bonchev–Trinajstić information content (AvgIpc) is 2.38. The van der Waals surface area contributed by atoms with Gasteiger partial charge in [-0.15, -0.1) is 0 Å². The zero-order valence-electron chi connectivity index (χ0n) is 10.2. The summed E-state index contributed by atoms with van der Waals surface area (Å²) in [5, 5.41) is 3.42. The molecule has 1 saturated heterocycles. The van der Waals surface area contributed by atoms with E-state index in [2.05, 4.69) is 63.0 Å². The van der Waals surface area contributed by atoms with Crippen LogP contribution in [0.25, 0.3) is 0 Å². The molecule has 1 aromatic carbocycles. The molecular formula is C13H19BrN2S. The Morgan fingerprint density at radius 1 is 1.35 bits per heavy atom. The van der Waals surface area contributed by atoms with Crippen LogP contribution in [0.3, 0.4) is 0 Å². The fraction of sp³-hybridized carbons (Fsp3) is 0.538. The number of hydrogen-bond donors (Lipinski definition) is 1. The molecule has 0 atom stereocenters. The monoisotopic (exact) mass is 314 g/mol. The maximum absolute atomic E-state index is 3.58. The number of nitrogens with zero attached hydrogens (tertiary/aromatic N) is 1. The molecule has 1 aliphatic rings. The van der Waals surface area contributed by atoms with Crippen LogP contribution >= 0.6 is 27.7 Å². The molecular weight excluding hydrogens is 296 g/mol. The summed E-state index contributed by atoms with van der Waals surface area (Å²) in [6, 6.07) is 6.61. The van der Waals surface area contributed by atoms with Gasteiger partial charge >= 0.3 is 0 Å². The van der Waals surface area contributed by atoms with Gasteiger partial charge in [0.05, 0.1) is 0 Å². The van der Waals surface area contributed by atoms with E-state index in [9.17, 15) is 0 Å². The smallest absolute Gasteiger partial charge is 0.0423 e. The Labute approximate surface area is 116 Å². The minimum absolute atomic E-state index is 0.961. The van der Waals surface area contributed by atoms with Crippen LogP contribution in [-0.4, -0.2) is 31.1 Å². The standard InChI is InChI=1S/C13H19BrN2S/c1-2-15-10-11-3-4-12(14)9-13(11)16-5-7-17-8-6-16/h3-4,9,15H,2,5-8,10H2,1H3. The van der Waals surface area contributed by atoms with Crippen molar-refractivity contribution in [3.05, 3.63) is 28.2 Å². The summed E-state index contributed by atoms with van der Waals surface area (Å²) < 4.78 is 1.17. The van der Waals surface area contributed by atoms with Crippen LogP contribution in [0.5, 0.6) is 0 Å². The highest BCUT2D eigenvalue weighted by molar-refractivity contribution is 9.10. The topological polar surface area (TPSA) is 15.3 Å². The van der Waals surface area contributed by atoms with E-state index >= 15 is 0 Å². The summed E-state index contributed by atoms with van der Waals surface area (Å²) in [5.74, 6) is 2.49. The minimum atomic E-state index is 0.961. The maximum atomic E-state index is 3.58. The second kappa shape index (κ2) is 6.66. The first-order valence-corrected chi connectivity index (χ1v) is 8.08. The zero-order chi connectivity index (χ0) is 12.1. The van der Waals surface area contributed by atoms with Gasteiger partial charge in [0.1, 0.15) is 0 Å². The van der Waals surface area contributed by atoms with Crippen molar-refractivity contribution in [1.29, 1.82) is 0 Å². The molecule has 0 amide bonds. The lowest BCUT2D eigenvalue weighted by Crippen LogP contribution is -2.33. The van der Waals surface area contributed by atoms with Crippen molar-refractivity contribution in [3.8, 4) is 0 Å². The average molecular weight is 315 g/mol. The minimum Gasteiger partial charge on any atom is -0.370 e. The Hall–Kier alpha value is -0.190. The van der Waals surface area contributed by atoms with E-state index < -0.39 is 0 Å². The van der Waals surface area contributed by atoms with Gasteiger partial charge < -0.3 is 10.2 Å². The number of rotatable bonds is 4. The highest BCUT2D eigenvalue weighted by atomic mass is 79.9. The Balaban J connectivity index is 2.19. The van der Waals surface area contributed by atoms with Crippen molar-refractivity contribution in [1.82, 2.24) is 5.32 Å². The molecule has 94 valence electrons. The maximum Gasteiger partial charge on any atom is 0.0423 e. The second-order valence-electron chi connectivity index (χ2n) is 4.15. The molecule has 0 aliphatic carbocycles. The molecule has 1 aromatic rings. The van der Waals surface area contributed by atoms with Crippen LogP contribution in [0.4, 0.5) is 5.69 Å². The van der Waals surface area contributed by atoms with Crippen LogP contribution in [0.1, 0.15) is 12.5 Å². The summed E-state index contributed by atoms with van der Waals surface area (Å²) >= 11 is 5.63. The van der Waals surface area contributed by atoms with Gasteiger partial charge in [0.2, 0.25) is 0 Å². The van der Waals surface area contributed by atoms with Crippen LogP contribution in [0.2, 0.25) is 0 Å². The van der Waals surface area contributed by atoms with Crippen LogP contribution in [-0.2, 0) is 6.54 Å². The van der Waals surface area contributed by atoms with E-state index in [4.69, 9.17) is 0 Å². The Kier molecular flexibility index (Phi) is 5.19. The third kappa shape index (κ3) is 3.63. The van der Waals surface area contributed by atoms with Crippen molar-refractivity contribution < 1.29 is 0 Å². The van der Waals surface area contributed by atoms with E-state index in [1.807, 2.05) is 0 Å². The largest absolute Gasteiger partial charge is 0.370 e. The fourth-order valence-electron chi connectivity index (χ4n) is 2.04. The molecule has 1 aliphatic heterocycles. The second-order valence-corrected chi connectivity index (χ2v) is 6.29. The lowest BCUT2D eigenvalue weighted by Gasteiger charge is -2.30. The number of anilines is 1. The molecule has 17 heavy (non-hydrogen) atoms. The summed E-state index contributed by atoms with van der Waals surface area (Å²) in [6.07, 6.45) is 0. The number of thioether (sulfide) groups is 1. The molecule has 0 unspecified atom stereocenters. The molecule has 1 heterocycles. The van der Waals surface area contributed by atoms with Crippen LogP contribution < -0.4 is 10.2 Å². The quantitative estimate of drug-likeness (QED) is 0.919. The molecule has 2 rings (SSSR count). The highest BCUT2D eigenvalue weighted by Crippen LogP contribution is 2.27. The summed E-state index contributed by atoms with van der Waals surface area (Å²) in [7, 11) is 0. The lowest BCUT2D eigenvalue weighted by molar-refractivity contribution is 0.720. The third-order valence-electron chi connectivity index (χ3n) is 2.96. The van der Waals surface area contributed by atoms with E-state index in [0.29, 0.717) is 0 Å². The number of halogens is 1. The van der Waals surface area contributed by atoms with Gasteiger partial charge in [0.25, 0.3) is 0 Å². The summed E-state index contributed by atoms with van der Waals surface area (Å²) in [5.41, 5.74) is 2.79. The Bertz CT molecular complexity index is 364. The Morgan fingerprint density at radius 3 is 2.82 bits per heavy atom. The molecule has 1 N–H and O–H groups in total. The van der Waals surface area contributed by atoms with Crippen molar-refractivity contribution >= 4 is 33.4 Å². The predicted molar refractivity (Wildman–Crippen MR) is 81.1 cm³/mol. The van der Waals surface area contributed by atoms with E-state index in [0.717, 1.165) is 13.1 Å². The van der Waals surface area contributed by atoms with Crippen molar-refractivity contribution in [2.24, 2.45) is 0 Å². The first-order valence-electron chi connectivity index (χ1n) is 6.13.